The Morgan fingerprint density at radius 1 is 1.36 bits per heavy atom. The molecule has 2 aromatic rings. The van der Waals surface area contributed by atoms with Crippen molar-refractivity contribution in [1.29, 1.82) is 0 Å². The molecule has 3 rings (SSSR count). The Morgan fingerprint density at radius 2 is 2.18 bits per heavy atom. The van der Waals surface area contributed by atoms with Crippen molar-refractivity contribution >= 4 is 5.91 Å². The summed E-state index contributed by atoms with van der Waals surface area (Å²) < 4.78 is 15.6. The molecule has 22 heavy (non-hydrogen) atoms. The molecule has 1 aromatic heterocycles. The number of carbonyl (C=O) groups excluding carboxylic acids is 1. The van der Waals surface area contributed by atoms with E-state index in [-0.39, 0.29) is 18.7 Å². The lowest BCUT2D eigenvalue weighted by Crippen LogP contribution is -2.27. The largest absolute Gasteiger partial charge is 0.454 e. The predicted molar refractivity (Wildman–Crippen MR) is 76.5 cm³/mol. The standard InChI is InChI=1S/C15H17N3O4/c1-9(15-17-10(2)18-22-15)16-14(19)6-4-11-3-5-12-13(7-11)21-8-20-12/h3,5,7,9H,4,6,8H2,1-2H3,(H,16,19). The van der Waals surface area contributed by atoms with E-state index in [1.165, 1.54) is 0 Å². The van der Waals surface area contributed by atoms with Crippen molar-refractivity contribution in [3.63, 3.8) is 0 Å². The number of rotatable bonds is 5. The lowest BCUT2D eigenvalue weighted by atomic mass is 10.1. The van der Waals surface area contributed by atoms with Crippen molar-refractivity contribution in [2.75, 3.05) is 6.79 Å². The van der Waals surface area contributed by atoms with Crippen molar-refractivity contribution in [1.82, 2.24) is 15.5 Å². The highest BCUT2D eigenvalue weighted by atomic mass is 16.7. The van der Waals surface area contributed by atoms with Crippen LogP contribution < -0.4 is 14.8 Å². The quantitative estimate of drug-likeness (QED) is 0.908. The molecule has 7 heteroatoms. The molecule has 0 fully saturated rings. The third-order valence-electron chi connectivity index (χ3n) is 3.37. The Bertz CT molecular complexity index is 683. The summed E-state index contributed by atoms with van der Waals surface area (Å²) in [5, 5.41) is 6.55. The number of benzene rings is 1. The van der Waals surface area contributed by atoms with Crippen LogP contribution in [0.2, 0.25) is 0 Å². The number of hydrogen-bond acceptors (Lipinski definition) is 6. The summed E-state index contributed by atoms with van der Waals surface area (Å²) in [6.07, 6.45) is 0.995. The van der Waals surface area contributed by atoms with E-state index in [0.29, 0.717) is 24.6 Å². The molecule has 1 aliphatic heterocycles. The van der Waals surface area contributed by atoms with E-state index in [9.17, 15) is 4.79 Å². The van der Waals surface area contributed by atoms with Crippen LogP contribution in [-0.2, 0) is 11.2 Å². The molecular weight excluding hydrogens is 286 g/mol. The second-order valence-electron chi connectivity index (χ2n) is 5.16. The Labute approximate surface area is 127 Å². The average Bonchev–Trinajstić information content (AvgIpc) is 3.13. The second-order valence-corrected chi connectivity index (χ2v) is 5.16. The van der Waals surface area contributed by atoms with Crippen LogP contribution in [0.4, 0.5) is 0 Å². The van der Waals surface area contributed by atoms with Gasteiger partial charge < -0.3 is 19.3 Å². The molecule has 1 atom stereocenters. The summed E-state index contributed by atoms with van der Waals surface area (Å²) in [6, 6.07) is 5.40. The van der Waals surface area contributed by atoms with Gasteiger partial charge in [0.2, 0.25) is 18.6 Å². The van der Waals surface area contributed by atoms with Gasteiger partial charge in [-0.15, -0.1) is 0 Å². The number of nitrogens with one attached hydrogen (secondary N) is 1. The molecule has 2 heterocycles. The fourth-order valence-corrected chi connectivity index (χ4v) is 2.22. The van der Waals surface area contributed by atoms with Crippen LogP contribution in [0.15, 0.2) is 22.7 Å². The summed E-state index contributed by atoms with van der Waals surface area (Å²) in [6.45, 7) is 3.80. The Morgan fingerprint density at radius 3 is 2.95 bits per heavy atom. The summed E-state index contributed by atoms with van der Waals surface area (Å²) in [5.41, 5.74) is 1.03. The van der Waals surface area contributed by atoms with Crippen LogP contribution in [-0.4, -0.2) is 22.8 Å². The minimum atomic E-state index is -0.301. The maximum absolute atomic E-state index is 12.0. The van der Waals surface area contributed by atoms with Crippen LogP contribution in [0.5, 0.6) is 11.5 Å². The first kappa shape index (κ1) is 14.4. The van der Waals surface area contributed by atoms with Crippen LogP contribution >= 0.6 is 0 Å². The summed E-state index contributed by atoms with van der Waals surface area (Å²) in [5.74, 6) is 2.37. The molecular formula is C15H17N3O4. The molecule has 0 saturated heterocycles. The van der Waals surface area contributed by atoms with E-state index in [1.807, 2.05) is 25.1 Å². The lowest BCUT2D eigenvalue weighted by Gasteiger charge is -2.09. The SMILES string of the molecule is Cc1noc(C(C)NC(=O)CCc2ccc3c(c2)OCO3)n1. The first-order valence-electron chi connectivity index (χ1n) is 7.10. The van der Waals surface area contributed by atoms with Gasteiger partial charge in [-0.25, -0.2) is 0 Å². The number of hydrogen-bond donors (Lipinski definition) is 1. The van der Waals surface area contributed by atoms with Gasteiger partial charge in [-0.2, -0.15) is 4.98 Å². The van der Waals surface area contributed by atoms with Gasteiger partial charge in [0.05, 0.1) is 0 Å². The summed E-state index contributed by atoms with van der Waals surface area (Å²) in [7, 11) is 0. The number of ether oxygens (including phenoxy) is 2. The summed E-state index contributed by atoms with van der Waals surface area (Å²) in [4.78, 5) is 16.1. The maximum Gasteiger partial charge on any atom is 0.248 e. The van der Waals surface area contributed by atoms with Crippen molar-refractivity contribution in [2.24, 2.45) is 0 Å². The molecule has 1 amide bonds. The monoisotopic (exact) mass is 303 g/mol. The van der Waals surface area contributed by atoms with Crippen molar-refractivity contribution in [3.8, 4) is 11.5 Å². The number of nitrogens with zero attached hydrogens (tertiary/aromatic N) is 2. The van der Waals surface area contributed by atoms with Crippen molar-refractivity contribution in [2.45, 2.75) is 32.7 Å². The molecule has 0 saturated carbocycles. The van der Waals surface area contributed by atoms with Gasteiger partial charge in [0, 0.05) is 6.42 Å². The molecule has 1 aromatic carbocycles. The van der Waals surface area contributed by atoms with Crippen LogP contribution in [0.1, 0.15) is 36.7 Å². The number of amides is 1. The number of aryl methyl sites for hydroxylation is 2. The van der Waals surface area contributed by atoms with Gasteiger partial charge in [-0.1, -0.05) is 11.2 Å². The fourth-order valence-electron chi connectivity index (χ4n) is 2.22. The summed E-state index contributed by atoms with van der Waals surface area (Å²) >= 11 is 0. The van der Waals surface area contributed by atoms with E-state index < -0.39 is 0 Å². The lowest BCUT2D eigenvalue weighted by molar-refractivity contribution is -0.121. The Hall–Kier alpha value is -2.57. The zero-order valence-corrected chi connectivity index (χ0v) is 12.5. The van der Waals surface area contributed by atoms with E-state index in [0.717, 1.165) is 17.1 Å². The highest BCUT2D eigenvalue weighted by molar-refractivity contribution is 5.76. The molecule has 0 spiro atoms. The molecule has 0 radical (unpaired) electrons. The molecule has 1 unspecified atom stereocenters. The molecule has 7 nitrogen and oxygen atoms in total. The molecule has 1 aliphatic rings. The predicted octanol–water partition coefficient (Wildman–Crippen LogP) is 1.92. The fraction of sp³-hybridized carbons (Fsp3) is 0.400. The van der Waals surface area contributed by atoms with Gasteiger partial charge in [0.1, 0.15) is 6.04 Å². The average molecular weight is 303 g/mol. The highest BCUT2D eigenvalue weighted by Crippen LogP contribution is 2.32. The Balaban J connectivity index is 1.52. The zero-order valence-electron chi connectivity index (χ0n) is 12.5. The third-order valence-corrected chi connectivity index (χ3v) is 3.37. The third kappa shape index (κ3) is 3.19. The van der Waals surface area contributed by atoms with E-state index in [1.54, 1.807) is 6.92 Å². The molecule has 0 bridgehead atoms. The highest BCUT2D eigenvalue weighted by Gasteiger charge is 2.16. The normalized spacial score (nSPS) is 13.9. The number of fused-ring (bicyclic) bond motifs is 1. The molecule has 0 aliphatic carbocycles. The van der Waals surface area contributed by atoms with Crippen LogP contribution in [0, 0.1) is 6.92 Å². The maximum atomic E-state index is 12.0. The minimum Gasteiger partial charge on any atom is -0.454 e. The number of carbonyl (C=O) groups is 1. The van der Waals surface area contributed by atoms with E-state index in [2.05, 4.69) is 15.5 Å². The zero-order chi connectivity index (χ0) is 15.5. The smallest absolute Gasteiger partial charge is 0.248 e. The van der Waals surface area contributed by atoms with Gasteiger partial charge >= 0.3 is 0 Å². The van der Waals surface area contributed by atoms with Crippen molar-refractivity contribution < 1.29 is 18.8 Å². The van der Waals surface area contributed by atoms with E-state index >= 15 is 0 Å². The van der Waals surface area contributed by atoms with Crippen molar-refractivity contribution in [3.05, 3.63) is 35.5 Å². The minimum absolute atomic E-state index is 0.0685. The van der Waals surface area contributed by atoms with Gasteiger partial charge in [-0.05, 0) is 38.0 Å². The van der Waals surface area contributed by atoms with Gasteiger partial charge in [0.15, 0.2) is 17.3 Å². The van der Waals surface area contributed by atoms with Crippen LogP contribution in [0.25, 0.3) is 0 Å². The Kier molecular flexibility index (Phi) is 3.95. The number of aromatic nitrogens is 2. The topological polar surface area (TPSA) is 86.5 Å². The van der Waals surface area contributed by atoms with Gasteiger partial charge in [-0.3, -0.25) is 4.79 Å². The first-order valence-corrected chi connectivity index (χ1v) is 7.10. The van der Waals surface area contributed by atoms with E-state index in [4.69, 9.17) is 14.0 Å². The van der Waals surface area contributed by atoms with Gasteiger partial charge in [0.25, 0.3) is 0 Å². The molecule has 116 valence electrons. The second kappa shape index (κ2) is 6.05. The van der Waals surface area contributed by atoms with Crippen LogP contribution in [0.3, 0.4) is 0 Å². The first-order chi connectivity index (χ1) is 10.6. The molecule has 1 N–H and O–H groups in total.